The van der Waals surface area contributed by atoms with E-state index >= 15 is 0 Å². The van der Waals surface area contributed by atoms with Crippen LogP contribution in [0.15, 0.2) is 24.7 Å². The van der Waals surface area contributed by atoms with Crippen LogP contribution in [0.5, 0.6) is 5.88 Å². The lowest BCUT2D eigenvalue weighted by atomic mass is 10.2. The molecule has 2 aromatic rings. The minimum atomic E-state index is 0.243. The summed E-state index contributed by atoms with van der Waals surface area (Å²) < 4.78 is 5.15. The standard InChI is InChI=1S/C11H12ClN5O/c1-18-11-7(3-2-4-14-11)5-15-10-8(12)9(13)16-6-17-10/h2-4,6H,5H2,1H3,(H3,13,15,16,17). The second kappa shape index (κ2) is 5.50. The molecule has 0 aromatic carbocycles. The molecule has 0 unspecified atom stereocenters. The zero-order valence-corrected chi connectivity index (χ0v) is 10.5. The van der Waals surface area contributed by atoms with E-state index in [0.29, 0.717) is 23.3 Å². The smallest absolute Gasteiger partial charge is 0.218 e. The van der Waals surface area contributed by atoms with Crippen molar-refractivity contribution in [2.24, 2.45) is 0 Å². The van der Waals surface area contributed by atoms with E-state index < -0.39 is 0 Å². The number of nitrogens with one attached hydrogen (secondary N) is 1. The van der Waals surface area contributed by atoms with Crippen LogP contribution < -0.4 is 15.8 Å². The number of pyridine rings is 1. The molecule has 18 heavy (non-hydrogen) atoms. The van der Waals surface area contributed by atoms with Crippen molar-refractivity contribution in [3.63, 3.8) is 0 Å². The molecule has 0 radical (unpaired) electrons. The molecule has 2 heterocycles. The molecule has 7 heteroatoms. The van der Waals surface area contributed by atoms with Crippen LogP contribution in [0.3, 0.4) is 0 Å². The van der Waals surface area contributed by atoms with Crippen LogP contribution in [0.1, 0.15) is 5.56 Å². The monoisotopic (exact) mass is 265 g/mol. The Morgan fingerprint density at radius 3 is 3.00 bits per heavy atom. The van der Waals surface area contributed by atoms with Crippen molar-refractivity contribution in [1.82, 2.24) is 15.0 Å². The Morgan fingerprint density at radius 2 is 2.22 bits per heavy atom. The molecule has 0 saturated heterocycles. The molecule has 3 N–H and O–H groups in total. The molecule has 6 nitrogen and oxygen atoms in total. The molecular formula is C11H12ClN5O. The second-order valence-electron chi connectivity index (χ2n) is 3.45. The fraction of sp³-hybridized carbons (Fsp3) is 0.182. The third kappa shape index (κ3) is 2.60. The van der Waals surface area contributed by atoms with E-state index in [4.69, 9.17) is 22.1 Å². The Balaban J connectivity index is 2.14. The third-order valence-corrected chi connectivity index (χ3v) is 2.68. The van der Waals surface area contributed by atoms with Crippen molar-refractivity contribution in [2.75, 3.05) is 18.2 Å². The summed E-state index contributed by atoms with van der Waals surface area (Å²) in [6.07, 6.45) is 3.02. The molecule has 0 saturated carbocycles. The van der Waals surface area contributed by atoms with Crippen LogP contribution in [-0.2, 0) is 6.54 Å². The van der Waals surface area contributed by atoms with Crippen molar-refractivity contribution in [3.05, 3.63) is 35.2 Å². The fourth-order valence-electron chi connectivity index (χ4n) is 1.43. The van der Waals surface area contributed by atoms with Gasteiger partial charge in [-0.1, -0.05) is 17.7 Å². The lowest BCUT2D eigenvalue weighted by Gasteiger charge is -2.10. The summed E-state index contributed by atoms with van der Waals surface area (Å²) in [5.74, 6) is 1.28. The van der Waals surface area contributed by atoms with E-state index in [-0.39, 0.29) is 5.82 Å². The number of hydrogen-bond donors (Lipinski definition) is 2. The number of nitrogen functional groups attached to an aromatic ring is 1. The van der Waals surface area contributed by atoms with Crippen LogP contribution in [0, 0.1) is 0 Å². The zero-order valence-electron chi connectivity index (χ0n) is 9.72. The number of hydrogen-bond acceptors (Lipinski definition) is 6. The maximum absolute atomic E-state index is 5.97. The predicted octanol–water partition coefficient (Wildman–Crippen LogP) is 1.73. The van der Waals surface area contributed by atoms with Crippen molar-refractivity contribution >= 4 is 23.2 Å². The number of rotatable bonds is 4. The molecular weight excluding hydrogens is 254 g/mol. The summed E-state index contributed by atoms with van der Waals surface area (Å²) in [5, 5.41) is 3.37. The van der Waals surface area contributed by atoms with E-state index in [0.717, 1.165) is 5.56 Å². The Morgan fingerprint density at radius 1 is 1.39 bits per heavy atom. The third-order valence-electron chi connectivity index (χ3n) is 2.31. The van der Waals surface area contributed by atoms with Gasteiger partial charge in [0.25, 0.3) is 0 Å². The number of aromatic nitrogens is 3. The Kier molecular flexibility index (Phi) is 3.78. The number of nitrogens with two attached hydrogens (primary N) is 1. The van der Waals surface area contributed by atoms with Crippen LogP contribution >= 0.6 is 11.6 Å². The van der Waals surface area contributed by atoms with Gasteiger partial charge in [0.15, 0.2) is 5.82 Å². The van der Waals surface area contributed by atoms with Gasteiger partial charge in [-0.3, -0.25) is 0 Å². The molecule has 2 aromatic heterocycles. The van der Waals surface area contributed by atoms with Crippen molar-refractivity contribution < 1.29 is 4.74 Å². The first kappa shape index (κ1) is 12.4. The average molecular weight is 266 g/mol. The molecule has 2 rings (SSSR count). The summed E-state index contributed by atoms with van der Waals surface area (Å²) in [7, 11) is 1.57. The van der Waals surface area contributed by atoms with Gasteiger partial charge in [0.2, 0.25) is 5.88 Å². The number of nitrogens with zero attached hydrogens (tertiary/aromatic N) is 3. The Labute approximate surface area is 109 Å². The molecule has 0 aliphatic heterocycles. The average Bonchev–Trinajstić information content (AvgIpc) is 2.41. The molecule has 0 aliphatic carbocycles. The van der Waals surface area contributed by atoms with Crippen LogP contribution in [0.2, 0.25) is 5.02 Å². The predicted molar refractivity (Wildman–Crippen MR) is 69.6 cm³/mol. The molecule has 94 valence electrons. The summed E-state index contributed by atoms with van der Waals surface area (Å²) in [6.45, 7) is 0.479. The highest BCUT2D eigenvalue weighted by Gasteiger charge is 2.08. The minimum absolute atomic E-state index is 0.243. The van der Waals surface area contributed by atoms with E-state index in [2.05, 4.69) is 20.3 Å². The van der Waals surface area contributed by atoms with Gasteiger partial charge < -0.3 is 15.8 Å². The van der Waals surface area contributed by atoms with Crippen LogP contribution in [0.4, 0.5) is 11.6 Å². The summed E-state index contributed by atoms with van der Waals surface area (Å²) in [4.78, 5) is 11.9. The van der Waals surface area contributed by atoms with Crippen LogP contribution in [0.25, 0.3) is 0 Å². The molecule has 0 spiro atoms. The van der Waals surface area contributed by atoms with Gasteiger partial charge in [-0.05, 0) is 6.07 Å². The van der Waals surface area contributed by atoms with Gasteiger partial charge in [0.1, 0.15) is 17.2 Å². The molecule has 0 amide bonds. The van der Waals surface area contributed by atoms with E-state index in [1.807, 2.05) is 12.1 Å². The normalized spacial score (nSPS) is 10.1. The maximum atomic E-state index is 5.97. The van der Waals surface area contributed by atoms with E-state index in [9.17, 15) is 0 Å². The van der Waals surface area contributed by atoms with E-state index in [1.165, 1.54) is 6.33 Å². The van der Waals surface area contributed by atoms with Crippen molar-refractivity contribution in [1.29, 1.82) is 0 Å². The van der Waals surface area contributed by atoms with E-state index in [1.54, 1.807) is 13.3 Å². The molecule has 0 fully saturated rings. The summed E-state index contributed by atoms with van der Waals surface area (Å²) >= 11 is 5.97. The second-order valence-corrected chi connectivity index (χ2v) is 3.82. The first-order valence-corrected chi connectivity index (χ1v) is 5.58. The number of methoxy groups -OCH3 is 1. The highest BCUT2D eigenvalue weighted by Crippen LogP contribution is 2.24. The van der Waals surface area contributed by atoms with Crippen molar-refractivity contribution in [2.45, 2.75) is 6.54 Å². The number of ether oxygens (including phenoxy) is 1. The first-order valence-electron chi connectivity index (χ1n) is 5.20. The van der Waals surface area contributed by atoms with Gasteiger partial charge in [-0.2, -0.15) is 0 Å². The highest BCUT2D eigenvalue weighted by molar-refractivity contribution is 6.35. The first-order chi connectivity index (χ1) is 8.72. The summed E-state index contributed by atoms with van der Waals surface area (Å²) in [6, 6.07) is 3.73. The topological polar surface area (TPSA) is 86.0 Å². The van der Waals surface area contributed by atoms with Gasteiger partial charge >= 0.3 is 0 Å². The maximum Gasteiger partial charge on any atom is 0.218 e. The minimum Gasteiger partial charge on any atom is -0.481 e. The zero-order chi connectivity index (χ0) is 13.0. The Bertz CT molecular complexity index is 549. The van der Waals surface area contributed by atoms with Crippen LogP contribution in [-0.4, -0.2) is 22.1 Å². The van der Waals surface area contributed by atoms with Crippen molar-refractivity contribution in [3.8, 4) is 5.88 Å². The Hall–Kier alpha value is -2.08. The number of anilines is 2. The quantitative estimate of drug-likeness (QED) is 0.876. The lowest BCUT2D eigenvalue weighted by molar-refractivity contribution is 0.393. The molecule has 0 aliphatic rings. The van der Waals surface area contributed by atoms with Gasteiger partial charge in [-0.15, -0.1) is 0 Å². The molecule has 0 bridgehead atoms. The highest BCUT2D eigenvalue weighted by atomic mass is 35.5. The number of halogens is 1. The van der Waals surface area contributed by atoms with Gasteiger partial charge in [-0.25, -0.2) is 15.0 Å². The fourth-order valence-corrected chi connectivity index (χ4v) is 1.59. The van der Waals surface area contributed by atoms with Gasteiger partial charge in [0.05, 0.1) is 7.11 Å². The largest absolute Gasteiger partial charge is 0.481 e. The summed E-state index contributed by atoms with van der Waals surface area (Å²) in [5.41, 5.74) is 6.48. The molecule has 0 atom stereocenters. The lowest BCUT2D eigenvalue weighted by Crippen LogP contribution is -2.06. The van der Waals surface area contributed by atoms with Gasteiger partial charge in [0, 0.05) is 18.3 Å². The SMILES string of the molecule is COc1ncccc1CNc1ncnc(N)c1Cl.